The van der Waals surface area contributed by atoms with Gasteiger partial charge in [-0.05, 0) is 28.4 Å². The summed E-state index contributed by atoms with van der Waals surface area (Å²) in [5.41, 5.74) is 2.48. The molecular weight excluding hydrogens is 314 g/mol. The molecule has 94 valence electrons. The average Bonchev–Trinajstić information content (AvgIpc) is 2.35. The molecule has 5 heteroatoms. The highest BCUT2D eigenvalue weighted by atomic mass is 79.9. The Kier molecular flexibility index (Phi) is 4.19. The second-order valence-corrected chi connectivity index (χ2v) is 5.29. The zero-order chi connectivity index (χ0) is 13.1. The van der Waals surface area contributed by atoms with Crippen molar-refractivity contribution in [3.8, 4) is 0 Å². The monoisotopic (exact) mass is 325 g/mol. The van der Waals surface area contributed by atoms with Crippen molar-refractivity contribution in [2.45, 2.75) is 13.5 Å². The quantitative estimate of drug-likeness (QED) is 0.803. The van der Waals surface area contributed by atoms with E-state index in [0.29, 0.717) is 5.15 Å². The number of rotatable bonds is 3. The summed E-state index contributed by atoms with van der Waals surface area (Å²) in [7, 11) is 1.98. The Bertz CT molecular complexity index is 542. The molecule has 0 amide bonds. The lowest BCUT2D eigenvalue weighted by Crippen LogP contribution is -2.18. The summed E-state index contributed by atoms with van der Waals surface area (Å²) in [4.78, 5) is 10.2. The van der Waals surface area contributed by atoms with Crippen LogP contribution in [0.15, 0.2) is 35.1 Å². The standard InChI is InChI=1S/C13H13BrClN3/c1-9-3-5-10(6-4-9)7-18(2)13-11(14)12(15)16-8-17-13/h3-6,8H,7H2,1-2H3. The van der Waals surface area contributed by atoms with Gasteiger partial charge in [-0.1, -0.05) is 41.4 Å². The van der Waals surface area contributed by atoms with Crippen molar-refractivity contribution in [1.82, 2.24) is 9.97 Å². The van der Waals surface area contributed by atoms with Crippen LogP contribution < -0.4 is 4.90 Å². The van der Waals surface area contributed by atoms with E-state index in [1.807, 2.05) is 11.9 Å². The van der Waals surface area contributed by atoms with Gasteiger partial charge in [0, 0.05) is 13.6 Å². The van der Waals surface area contributed by atoms with Gasteiger partial charge in [0.05, 0.1) is 4.47 Å². The lowest BCUT2D eigenvalue weighted by atomic mass is 10.1. The SMILES string of the molecule is Cc1ccc(CN(C)c2ncnc(Cl)c2Br)cc1. The Hall–Kier alpha value is -1.13. The maximum Gasteiger partial charge on any atom is 0.148 e. The van der Waals surface area contributed by atoms with E-state index in [4.69, 9.17) is 11.6 Å². The van der Waals surface area contributed by atoms with Gasteiger partial charge < -0.3 is 4.90 Å². The number of aromatic nitrogens is 2. The molecular formula is C13H13BrClN3. The molecule has 2 aromatic rings. The predicted molar refractivity (Wildman–Crippen MR) is 78.0 cm³/mol. The highest BCUT2D eigenvalue weighted by molar-refractivity contribution is 9.10. The molecule has 0 N–H and O–H groups in total. The van der Waals surface area contributed by atoms with E-state index in [1.165, 1.54) is 17.5 Å². The van der Waals surface area contributed by atoms with E-state index in [1.54, 1.807) is 0 Å². The maximum absolute atomic E-state index is 5.96. The predicted octanol–water partition coefficient (Wildman–Crippen LogP) is 3.84. The molecule has 0 unspecified atom stereocenters. The second-order valence-electron chi connectivity index (χ2n) is 4.14. The fourth-order valence-electron chi connectivity index (χ4n) is 1.65. The van der Waals surface area contributed by atoms with Gasteiger partial charge >= 0.3 is 0 Å². The Morgan fingerprint density at radius 3 is 2.56 bits per heavy atom. The van der Waals surface area contributed by atoms with Crippen LogP contribution in [0.4, 0.5) is 5.82 Å². The number of nitrogens with zero attached hydrogens (tertiary/aromatic N) is 3. The summed E-state index contributed by atoms with van der Waals surface area (Å²) in [6, 6.07) is 8.43. The largest absolute Gasteiger partial charge is 0.354 e. The van der Waals surface area contributed by atoms with E-state index in [0.717, 1.165) is 16.8 Å². The molecule has 0 fully saturated rings. The third kappa shape index (κ3) is 3.00. The molecule has 1 aromatic heterocycles. The summed E-state index contributed by atoms with van der Waals surface area (Å²) < 4.78 is 0.723. The summed E-state index contributed by atoms with van der Waals surface area (Å²) in [6.07, 6.45) is 1.47. The van der Waals surface area contributed by atoms with Crippen molar-refractivity contribution in [1.29, 1.82) is 0 Å². The first kappa shape index (κ1) is 13.3. The van der Waals surface area contributed by atoms with Crippen LogP contribution in [-0.4, -0.2) is 17.0 Å². The van der Waals surface area contributed by atoms with Crippen LogP contribution in [0.25, 0.3) is 0 Å². The van der Waals surface area contributed by atoms with Gasteiger partial charge in [-0.2, -0.15) is 0 Å². The van der Waals surface area contributed by atoms with Crippen LogP contribution in [0, 0.1) is 6.92 Å². The molecule has 0 aliphatic rings. The molecule has 0 saturated carbocycles. The van der Waals surface area contributed by atoms with Crippen LogP contribution >= 0.6 is 27.5 Å². The zero-order valence-electron chi connectivity index (χ0n) is 10.2. The number of anilines is 1. The van der Waals surface area contributed by atoms with Gasteiger partial charge in [0.15, 0.2) is 0 Å². The number of aryl methyl sites for hydroxylation is 1. The van der Waals surface area contributed by atoms with Gasteiger partial charge in [-0.3, -0.25) is 0 Å². The molecule has 0 radical (unpaired) electrons. The highest BCUT2D eigenvalue weighted by Gasteiger charge is 2.11. The molecule has 18 heavy (non-hydrogen) atoms. The van der Waals surface area contributed by atoms with E-state index in [9.17, 15) is 0 Å². The molecule has 0 aliphatic carbocycles. The zero-order valence-corrected chi connectivity index (χ0v) is 12.5. The lowest BCUT2D eigenvalue weighted by Gasteiger charge is -2.19. The number of hydrogen-bond donors (Lipinski definition) is 0. The second kappa shape index (κ2) is 5.67. The molecule has 0 atom stereocenters. The minimum absolute atomic E-state index is 0.427. The van der Waals surface area contributed by atoms with Gasteiger partial charge in [0.1, 0.15) is 17.3 Å². The molecule has 2 rings (SSSR count). The van der Waals surface area contributed by atoms with Gasteiger partial charge in [0.2, 0.25) is 0 Å². The lowest BCUT2D eigenvalue weighted by molar-refractivity contribution is 0.885. The van der Waals surface area contributed by atoms with Crippen molar-refractivity contribution >= 4 is 33.3 Å². The van der Waals surface area contributed by atoms with Crippen molar-refractivity contribution in [3.05, 3.63) is 51.3 Å². The minimum Gasteiger partial charge on any atom is -0.354 e. The van der Waals surface area contributed by atoms with Gasteiger partial charge in [-0.25, -0.2) is 9.97 Å². The number of halogens is 2. The molecule has 0 saturated heterocycles. The third-order valence-corrected chi connectivity index (χ3v) is 3.88. The first-order chi connectivity index (χ1) is 8.58. The first-order valence-corrected chi connectivity index (χ1v) is 6.67. The Balaban J connectivity index is 2.19. The van der Waals surface area contributed by atoms with E-state index in [2.05, 4.69) is 57.1 Å². The first-order valence-electron chi connectivity index (χ1n) is 5.50. The van der Waals surface area contributed by atoms with Crippen molar-refractivity contribution < 1.29 is 0 Å². The van der Waals surface area contributed by atoms with Crippen LogP contribution in [0.3, 0.4) is 0 Å². The highest BCUT2D eigenvalue weighted by Crippen LogP contribution is 2.29. The van der Waals surface area contributed by atoms with Gasteiger partial charge in [-0.15, -0.1) is 0 Å². The fraction of sp³-hybridized carbons (Fsp3) is 0.231. The number of hydrogen-bond acceptors (Lipinski definition) is 3. The van der Waals surface area contributed by atoms with E-state index < -0.39 is 0 Å². The Labute approximate surface area is 120 Å². The van der Waals surface area contributed by atoms with Gasteiger partial charge in [0.25, 0.3) is 0 Å². The van der Waals surface area contributed by atoms with Crippen LogP contribution in [0.5, 0.6) is 0 Å². The smallest absolute Gasteiger partial charge is 0.148 e. The fourth-order valence-corrected chi connectivity index (χ4v) is 2.28. The summed E-state index contributed by atoms with van der Waals surface area (Å²) in [5.74, 6) is 0.788. The van der Waals surface area contributed by atoms with E-state index >= 15 is 0 Å². The molecule has 1 aromatic carbocycles. The van der Waals surface area contributed by atoms with Crippen molar-refractivity contribution in [3.63, 3.8) is 0 Å². The molecule has 0 spiro atoms. The Morgan fingerprint density at radius 1 is 1.22 bits per heavy atom. The van der Waals surface area contributed by atoms with E-state index in [-0.39, 0.29) is 0 Å². The minimum atomic E-state index is 0.427. The normalized spacial score (nSPS) is 10.4. The maximum atomic E-state index is 5.96. The summed E-state index contributed by atoms with van der Waals surface area (Å²) >= 11 is 9.36. The third-order valence-electron chi connectivity index (χ3n) is 2.63. The van der Waals surface area contributed by atoms with Crippen LogP contribution in [0.1, 0.15) is 11.1 Å². The van der Waals surface area contributed by atoms with Crippen LogP contribution in [-0.2, 0) is 6.54 Å². The average molecular weight is 327 g/mol. The van der Waals surface area contributed by atoms with Crippen LogP contribution in [0.2, 0.25) is 5.15 Å². The molecule has 1 heterocycles. The summed E-state index contributed by atoms with van der Waals surface area (Å²) in [5, 5.41) is 0.427. The Morgan fingerprint density at radius 2 is 1.89 bits per heavy atom. The summed E-state index contributed by atoms with van der Waals surface area (Å²) in [6.45, 7) is 2.85. The van der Waals surface area contributed by atoms with Crippen molar-refractivity contribution in [2.75, 3.05) is 11.9 Å². The number of benzene rings is 1. The molecule has 0 aliphatic heterocycles. The topological polar surface area (TPSA) is 29.0 Å². The van der Waals surface area contributed by atoms with Crippen molar-refractivity contribution in [2.24, 2.45) is 0 Å². The molecule has 0 bridgehead atoms. The molecule has 3 nitrogen and oxygen atoms in total.